The van der Waals surface area contributed by atoms with E-state index in [9.17, 15) is 14.4 Å². The van der Waals surface area contributed by atoms with Crippen molar-refractivity contribution in [2.75, 3.05) is 13.2 Å². The summed E-state index contributed by atoms with van der Waals surface area (Å²) < 4.78 is 16.9. The van der Waals surface area contributed by atoms with Crippen LogP contribution in [-0.4, -0.2) is 37.2 Å². The zero-order valence-corrected chi connectivity index (χ0v) is 43.1. The Kier molecular flexibility index (Phi) is 51.7. The van der Waals surface area contributed by atoms with Crippen LogP contribution in [0.15, 0.2) is 24.3 Å². The van der Waals surface area contributed by atoms with Gasteiger partial charge >= 0.3 is 17.9 Å². The molecule has 6 nitrogen and oxygen atoms in total. The topological polar surface area (TPSA) is 78.9 Å². The largest absolute Gasteiger partial charge is 0.462 e. The molecule has 1 atom stereocenters. The van der Waals surface area contributed by atoms with Gasteiger partial charge < -0.3 is 14.2 Å². The highest BCUT2D eigenvalue weighted by Gasteiger charge is 2.19. The third-order valence-corrected chi connectivity index (χ3v) is 12.7. The lowest BCUT2D eigenvalue weighted by atomic mass is 10.0. The minimum absolute atomic E-state index is 0.0674. The normalized spacial score (nSPS) is 12.1. The van der Waals surface area contributed by atoms with Crippen molar-refractivity contribution in [1.29, 1.82) is 0 Å². The molecule has 0 saturated heterocycles. The van der Waals surface area contributed by atoms with E-state index in [2.05, 4.69) is 45.1 Å². The Morgan fingerprint density at radius 1 is 0.312 bits per heavy atom. The molecule has 0 aliphatic heterocycles. The Balaban J connectivity index is 4.31. The van der Waals surface area contributed by atoms with Gasteiger partial charge in [0.05, 0.1) is 0 Å². The van der Waals surface area contributed by atoms with Crippen molar-refractivity contribution in [3.8, 4) is 0 Å². The molecule has 0 unspecified atom stereocenters. The van der Waals surface area contributed by atoms with Crippen molar-refractivity contribution in [3.05, 3.63) is 24.3 Å². The fourth-order valence-corrected chi connectivity index (χ4v) is 8.42. The van der Waals surface area contributed by atoms with Crippen molar-refractivity contribution in [3.63, 3.8) is 0 Å². The van der Waals surface area contributed by atoms with Gasteiger partial charge in [0, 0.05) is 19.3 Å². The molecule has 0 rings (SSSR count). The Morgan fingerprint density at radius 3 is 0.891 bits per heavy atom. The van der Waals surface area contributed by atoms with Gasteiger partial charge in [0.25, 0.3) is 0 Å². The molecule has 0 aliphatic rings. The van der Waals surface area contributed by atoms with E-state index in [1.54, 1.807) is 0 Å². The van der Waals surface area contributed by atoms with Crippen LogP contribution in [-0.2, 0) is 28.6 Å². The number of hydrogen-bond donors (Lipinski definition) is 0. The highest BCUT2D eigenvalue weighted by atomic mass is 16.6. The molecule has 376 valence electrons. The van der Waals surface area contributed by atoms with Gasteiger partial charge in [-0.05, 0) is 51.4 Å². The lowest BCUT2D eigenvalue weighted by Gasteiger charge is -2.18. The van der Waals surface area contributed by atoms with Gasteiger partial charge in [0.2, 0.25) is 0 Å². The average Bonchev–Trinajstić information content (AvgIpc) is 3.29. The SMILES string of the molecule is CCCCC/C=C\C/C=C\CCCCCCCCCCCC(=O)O[C@@H](COC(=O)CCCCCCCCCCCCCC)COC(=O)CCCCCCCCCCCCCCCCC. The summed E-state index contributed by atoms with van der Waals surface area (Å²) in [5.41, 5.74) is 0. The molecular formula is C58H108O6. The van der Waals surface area contributed by atoms with Crippen LogP contribution >= 0.6 is 0 Å². The van der Waals surface area contributed by atoms with E-state index in [-0.39, 0.29) is 31.1 Å². The molecule has 0 heterocycles. The summed E-state index contributed by atoms with van der Waals surface area (Å²) in [6.45, 7) is 6.65. The van der Waals surface area contributed by atoms with Crippen LogP contribution in [0.2, 0.25) is 0 Å². The van der Waals surface area contributed by atoms with Crippen LogP contribution in [0.25, 0.3) is 0 Å². The molecule has 0 aromatic carbocycles. The summed E-state index contributed by atoms with van der Waals surface area (Å²) in [7, 11) is 0. The summed E-state index contributed by atoms with van der Waals surface area (Å²) in [5.74, 6) is -0.852. The predicted molar refractivity (Wildman–Crippen MR) is 275 cm³/mol. The molecule has 0 radical (unpaired) electrons. The molecular weight excluding hydrogens is 793 g/mol. The van der Waals surface area contributed by atoms with Gasteiger partial charge in [-0.15, -0.1) is 0 Å². The van der Waals surface area contributed by atoms with Crippen LogP contribution < -0.4 is 0 Å². The number of allylic oxidation sites excluding steroid dienone is 4. The number of hydrogen-bond acceptors (Lipinski definition) is 6. The van der Waals surface area contributed by atoms with Gasteiger partial charge in [-0.1, -0.05) is 263 Å². The first-order valence-corrected chi connectivity index (χ1v) is 28.3. The van der Waals surface area contributed by atoms with Crippen molar-refractivity contribution >= 4 is 17.9 Å². The first kappa shape index (κ1) is 61.9. The van der Waals surface area contributed by atoms with Gasteiger partial charge in [0.15, 0.2) is 6.10 Å². The molecule has 0 N–H and O–H groups in total. The second kappa shape index (κ2) is 53.5. The van der Waals surface area contributed by atoms with Crippen LogP contribution in [0.4, 0.5) is 0 Å². The summed E-state index contributed by atoms with van der Waals surface area (Å²) in [6, 6.07) is 0. The zero-order valence-electron chi connectivity index (χ0n) is 43.1. The molecule has 0 saturated carbocycles. The minimum Gasteiger partial charge on any atom is -0.462 e. The average molecular weight is 901 g/mol. The Labute approximate surface area is 398 Å². The number of unbranched alkanes of at least 4 members (excludes halogenated alkanes) is 37. The smallest absolute Gasteiger partial charge is 0.306 e. The molecule has 0 fully saturated rings. The monoisotopic (exact) mass is 901 g/mol. The zero-order chi connectivity index (χ0) is 46.5. The van der Waals surface area contributed by atoms with Crippen molar-refractivity contribution in [2.45, 2.75) is 316 Å². The number of rotatable bonds is 52. The second-order valence-electron chi connectivity index (χ2n) is 19.2. The van der Waals surface area contributed by atoms with E-state index in [1.165, 1.54) is 205 Å². The molecule has 0 aromatic heterocycles. The highest BCUT2D eigenvalue weighted by Crippen LogP contribution is 2.17. The molecule has 0 aromatic rings. The maximum atomic E-state index is 12.8. The molecule has 64 heavy (non-hydrogen) atoms. The standard InChI is InChI=1S/C58H108O6/c1-4-7-10-13-16-19-22-25-27-28-29-30-32-34-37-40-43-46-49-52-58(61)64-55(53-62-56(59)50-47-44-41-38-35-24-21-18-15-12-9-6-3)54-63-57(60)51-48-45-42-39-36-33-31-26-23-20-17-14-11-8-5-2/h16,19,25,27,55H,4-15,17-18,20-24,26,28-54H2,1-3H3/b19-16-,27-25-/t55-/m0/s1. The van der Waals surface area contributed by atoms with Gasteiger partial charge in [-0.3, -0.25) is 14.4 Å². The van der Waals surface area contributed by atoms with E-state index in [4.69, 9.17) is 14.2 Å². The van der Waals surface area contributed by atoms with E-state index in [0.29, 0.717) is 19.3 Å². The maximum Gasteiger partial charge on any atom is 0.306 e. The number of carbonyl (C=O) groups excluding carboxylic acids is 3. The molecule has 0 bridgehead atoms. The molecule has 6 heteroatoms. The lowest BCUT2D eigenvalue weighted by Crippen LogP contribution is -2.30. The van der Waals surface area contributed by atoms with E-state index in [0.717, 1.165) is 64.2 Å². The fraction of sp³-hybridized carbons (Fsp3) is 0.879. The number of esters is 3. The summed E-state index contributed by atoms with van der Waals surface area (Å²) >= 11 is 0. The van der Waals surface area contributed by atoms with Crippen molar-refractivity contribution in [2.24, 2.45) is 0 Å². The summed E-state index contributed by atoms with van der Waals surface area (Å²) in [6.07, 6.45) is 61.6. The van der Waals surface area contributed by atoms with Crippen LogP contribution in [0.3, 0.4) is 0 Å². The minimum atomic E-state index is -0.768. The van der Waals surface area contributed by atoms with Crippen LogP contribution in [0, 0.1) is 0 Å². The Bertz CT molecular complexity index is 1040. The quantitative estimate of drug-likeness (QED) is 0.0262. The highest BCUT2D eigenvalue weighted by molar-refractivity contribution is 5.71. The summed E-state index contributed by atoms with van der Waals surface area (Å²) in [5, 5.41) is 0. The maximum absolute atomic E-state index is 12.8. The third-order valence-electron chi connectivity index (χ3n) is 12.7. The fourth-order valence-electron chi connectivity index (χ4n) is 8.42. The van der Waals surface area contributed by atoms with Gasteiger partial charge in [0.1, 0.15) is 13.2 Å². The van der Waals surface area contributed by atoms with Crippen molar-refractivity contribution < 1.29 is 28.6 Å². The van der Waals surface area contributed by atoms with Crippen molar-refractivity contribution in [1.82, 2.24) is 0 Å². The molecule has 0 spiro atoms. The van der Waals surface area contributed by atoms with Crippen LogP contribution in [0.5, 0.6) is 0 Å². The molecule has 0 amide bonds. The van der Waals surface area contributed by atoms with E-state index < -0.39 is 6.10 Å². The second-order valence-corrected chi connectivity index (χ2v) is 19.2. The first-order valence-electron chi connectivity index (χ1n) is 28.3. The Morgan fingerprint density at radius 2 is 0.562 bits per heavy atom. The van der Waals surface area contributed by atoms with E-state index >= 15 is 0 Å². The van der Waals surface area contributed by atoms with E-state index in [1.807, 2.05) is 0 Å². The van der Waals surface area contributed by atoms with Crippen LogP contribution in [0.1, 0.15) is 310 Å². The first-order chi connectivity index (χ1) is 31.5. The number of carbonyl (C=O) groups is 3. The predicted octanol–water partition coefficient (Wildman–Crippen LogP) is 18.7. The summed E-state index contributed by atoms with van der Waals surface area (Å²) in [4.78, 5) is 38.1. The Hall–Kier alpha value is -2.11. The van der Waals surface area contributed by atoms with Gasteiger partial charge in [-0.2, -0.15) is 0 Å². The number of ether oxygens (including phenoxy) is 3. The third kappa shape index (κ3) is 50.9. The molecule has 0 aliphatic carbocycles. The van der Waals surface area contributed by atoms with Gasteiger partial charge in [-0.25, -0.2) is 0 Å². The lowest BCUT2D eigenvalue weighted by molar-refractivity contribution is -0.167.